The summed E-state index contributed by atoms with van der Waals surface area (Å²) >= 11 is 0. The number of imidazole rings is 1. The van der Waals surface area contributed by atoms with Crippen LogP contribution in [-0.4, -0.2) is 46.5 Å². The molecule has 3 atom stereocenters. The van der Waals surface area contributed by atoms with Crippen LogP contribution in [0.1, 0.15) is 12.8 Å². The van der Waals surface area contributed by atoms with Crippen molar-refractivity contribution in [3.05, 3.63) is 37.1 Å². The van der Waals surface area contributed by atoms with Gasteiger partial charge in [0.05, 0.1) is 12.5 Å². The van der Waals surface area contributed by atoms with Gasteiger partial charge in [0.2, 0.25) is 0 Å². The Morgan fingerprint density at radius 1 is 1.29 bits per heavy atom. The second-order valence-corrected chi connectivity index (χ2v) is 8.43. The van der Waals surface area contributed by atoms with Crippen LogP contribution in [0.25, 0.3) is 0 Å². The zero-order valence-corrected chi connectivity index (χ0v) is 14.3. The molecular formula is C16H20N4O3S. The van der Waals surface area contributed by atoms with Gasteiger partial charge in [-0.25, -0.2) is 13.4 Å². The van der Waals surface area contributed by atoms with Gasteiger partial charge in [-0.3, -0.25) is 4.98 Å². The van der Waals surface area contributed by atoms with E-state index in [1.54, 1.807) is 34.5 Å². The molecule has 0 radical (unpaired) electrons. The molecule has 2 fully saturated rings. The Morgan fingerprint density at radius 2 is 2.17 bits per heavy atom. The van der Waals surface area contributed by atoms with E-state index in [9.17, 15) is 8.42 Å². The predicted molar refractivity (Wildman–Crippen MR) is 86.8 cm³/mol. The number of pyridine rings is 1. The van der Waals surface area contributed by atoms with Crippen LogP contribution in [0.4, 0.5) is 0 Å². The number of hydrogen-bond acceptors (Lipinski definition) is 5. The van der Waals surface area contributed by atoms with Crippen LogP contribution in [0.2, 0.25) is 0 Å². The fourth-order valence-corrected chi connectivity index (χ4v) is 5.26. The molecule has 1 saturated carbocycles. The molecule has 1 aliphatic heterocycles. The fourth-order valence-electron chi connectivity index (χ4n) is 3.76. The number of hydrogen-bond donors (Lipinski definition) is 0. The first-order valence-electron chi connectivity index (χ1n) is 8.09. The van der Waals surface area contributed by atoms with E-state index in [0.717, 1.165) is 18.6 Å². The summed E-state index contributed by atoms with van der Waals surface area (Å²) in [5.41, 5.74) is 0. The SMILES string of the molecule is Cn1cnc(S(=O)(=O)N2C[C@H]3CC[C@H](Oc4cccnc4)[C@H]3C2)c1. The van der Waals surface area contributed by atoms with Gasteiger partial charge in [0.25, 0.3) is 10.0 Å². The van der Waals surface area contributed by atoms with Gasteiger partial charge in [0.15, 0.2) is 5.03 Å². The molecular weight excluding hydrogens is 328 g/mol. The Morgan fingerprint density at radius 3 is 2.88 bits per heavy atom. The summed E-state index contributed by atoms with van der Waals surface area (Å²) in [6.45, 7) is 1.05. The van der Waals surface area contributed by atoms with Crippen molar-refractivity contribution in [2.75, 3.05) is 13.1 Å². The summed E-state index contributed by atoms with van der Waals surface area (Å²) in [6.07, 6.45) is 8.46. The first-order valence-corrected chi connectivity index (χ1v) is 9.53. The molecule has 0 bridgehead atoms. The third-order valence-corrected chi connectivity index (χ3v) is 6.68. The van der Waals surface area contributed by atoms with Gasteiger partial charge < -0.3 is 9.30 Å². The van der Waals surface area contributed by atoms with Gasteiger partial charge in [-0.2, -0.15) is 4.31 Å². The summed E-state index contributed by atoms with van der Waals surface area (Å²) in [5.74, 6) is 1.32. The molecule has 0 unspecified atom stereocenters. The van der Waals surface area contributed by atoms with E-state index in [1.807, 2.05) is 12.1 Å². The molecule has 8 heteroatoms. The average molecular weight is 348 g/mol. The lowest BCUT2D eigenvalue weighted by molar-refractivity contribution is 0.154. The summed E-state index contributed by atoms with van der Waals surface area (Å²) in [5, 5.41) is 0.120. The molecule has 0 spiro atoms. The minimum atomic E-state index is -3.52. The summed E-state index contributed by atoms with van der Waals surface area (Å²) in [4.78, 5) is 8.07. The second kappa shape index (κ2) is 5.86. The van der Waals surface area contributed by atoms with Crippen molar-refractivity contribution in [3.8, 4) is 5.75 Å². The van der Waals surface area contributed by atoms with E-state index in [1.165, 1.54) is 6.33 Å². The maximum absolute atomic E-state index is 12.7. The molecule has 0 amide bonds. The predicted octanol–water partition coefficient (Wildman–Crippen LogP) is 1.29. The summed E-state index contributed by atoms with van der Waals surface area (Å²) < 4.78 is 34.8. The van der Waals surface area contributed by atoms with Gasteiger partial charge in [0, 0.05) is 38.4 Å². The quantitative estimate of drug-likeness (QED) is 0.832. The first kappa shape index (κ1) is 15.6. The Hall–Kier alpha value is -1.93. The van der Waals surface area contributed by atoms with Crippen LogP contribution in [0.15, 0.2) is 42.1 Å². The normalized spacial score (nSPS) is 27.3. The zero-order valence-electron chi connectivity index (χ0n) is 13.4. The number of aromatic nitrogens is 3. The number of ether oxygens (including phenoxy) is 1. The third kappa shape index (κ3) is 2.69. The van der Waals surface area contributed by atoms with Gasteiger partial charge in [-0.05, 0) is 30.9 Å². The van der Waals surface area contributed by atoms with Crippen LogP contribution >= 0.6 is 0 Å². The molecule has 2 aliphatic rings. The van der Waals surface area contributed by atoms with Crippen LogP contribution in [0.3, 0.4) is 0 Å². The van der Waals surface area contributed by atoms with Crippen LogP contribution < -0.4 is 4.74 Å². The molecule has 3 heterocycles. The highest BCUT2D eigenvalue weighted by Crippen LogP contribution is 2.41. The Kier molecular flexibility index (Phi) is 3.80. The molecule has 2 aromatic rings. The zero-order chi connectivity index (χ0) is 16.7. The highest BCUT2D eigenvalue weighted by atomic mass is 32.2. The van der Waals surface area contributed by atoms with E-state index in [-0.39, 0.29) is 17.0 Å². The van der Waals surface area contributed by atoms with Crippen molar-refractivity contribution in [2.45, 2.75) is 24.0 Å². The largest absolute Gasteiger partial charge is 0.488 e. The van der Waals surface area contributed by atoms with Crippen molar-refractivity contribution >= 4 is 10.0 Å². The minimum Gasteiger partial charge on any atom is -0.488 e. The van der Waals surface area contributed by atoms with Crippen molar-refractivity contribution in [1.29, 1.82) is 0 Å². The monoisotopic (exact) mass is 348 g/mol. The van der Waals surface area contributed by atoms with Gasteiger partial charge in [0.1, 0.15) is 11.9 Å². The fraction of sp³-hybridized carbons (Fsp3) is 0.500. The molecule has 0 N–H and O–H groups in total. The smallest absolute Gasteiger partial charge is 0.262 e. The lowest BCUT2D eigenvalue weighted by atomic mass is 9.99. The Balaban J connectivity index is 1.50. The molecule has 4 rings (SSSR count). The van der Waals surface area contributed by atoms with Crippen molar-refractivity contribution < 1.29 is 13.2 Å². The Labute approximate surface area is 141 Å². The molecule has 24 heavy (non-hydrogen) atoms. The molecule has 0 aromatic carbocycles. The van der Waals surface area contributed by atoms with Crippen molar-refractivity contribution in [1.82, 2.24) is 18.8 Å². The van der Waals surface area contributed by atoms with Gasteiger partial charge in [-0.15, -0.1) is 0 Å². The number of nitrogens with zero attached hydrogens (tertiary/aromatic N) is 4. The molecule has 7 nitrogen and oxygen atoms in total. The number of sulfonamides is 1. The maximum Gasteiger partial charge on any atom is 0.262 e. The lowest BCUT2D eigenvalue weighted by Crippen LogP contribution is -2.32. The maximum atomic E-state index is 12.7. The second-order valence-electron chi connectivity index (χ2n) is 6.55. The van der Waals surface area contributed by atoms with E-state index < -0.39 is 10.0 Å². The highest BCUT2D eigenvalue weighted by Gasteiger charge is 2.47. The van der Waals surface area contributed by atoms with Crippen LogP contribution in [0.5, 0.6) is 5.75 Å². The number of fused-ring (bicyclic) bond motifs is 1. The topological polar surface area (TPSA) is 77.3 Å². The van der Waals surface area contributed by atoms with Gasteiger partial charge in [-0.1, -0.05) is 0 Å². The highest BCUT2D eigenvalue weighted by molar-refractivity contribution is 7.89. The number of aryl methyl sites for hydroxylation is 1. The van der Waals surface area contributed by atoms with Crippen molar-refractivity contribution in [3.63, 3.8) is 0 Å². The van der Waals surface area contributed by atoms with Gasteiger partial charge >= 0.3 is 0 Å². The molecule has 128 valence electrons. The van der Waals surface area contributed by atoms with E-state index in [0.29, 0.717) is 19.0 Å². The van der Waals surface area contributed by atoms with E-state index >= 15 is 0 Å². The van der Waals surface area contributed by atoms with Crippen LogP contribution in [0, 0.1) is 11.8 Å². The summed E-state index contributed by atoms with van der Waals surface area (Å²) in [7, 11) is -1.76. The number of rotatable bonds is 4. The first-order chi connectivity index (χ1) is 11.5. The molecule has 1 saturated heterocycles. The molecule has 1 aliphatic carbocycles. The Bertz CT molecular complexity index is 821. The summed E-state index contributed by atoms with van der Waals surface area (Å²) in [6, 6.07) is 3.73. The van der Waals surface area contributed by atoms with Crippen molar-refractivity contribution in [2.24, 2.45) is 18.9 Å². The van der Waals surface area contributed by atoms with Crippen LogP contribution in [-0.2, 0) is 17.1 Å². The molecule has 2 aromatic heterocycles. The lowest BCUT2D eigenvalue weighted by Gasteiger charge is -2.21. The third-order valence-electron chi connectivity index (χ3n) is 4.96. The van der Waals surface area contributed by atoms with E-state index in [2.05, 4.69) is 9.97 Å². The van der Waals surface area contributed by atoms with E-state index in [4.69, 9.17) is 4.74 Å². The standard InChI is InChI=1S/C16H20N4O3S/c1-19-10-16(18-11-19)24(21,22)20-8-12-4-5-15(14(12)9-20)23-13-3-2-6-17-7-13/h2-3,6-7,10-12,14-15H,4-5,8-9H2,1H3/t12-,14+,15+/m1/s1. The average Bonchev–Trinajstić information content (AvgIpc) is 3.26. The minimum absolute atomic E-state index is 0.0446.